The summed E-state index contributed by atoms with van der Waals surface area (Å²) in [5.74, 6) is 1.38. The maximum absolute atomic E-state index is 7.24. The Balaban J connectivity index is 1.71. The van der Waals surface area contributed by atoms with Crippen LogP contribution in [0, 0.1) is 0 Å². The number of aromatic nitrogens is 2. The first-order valence-electron chi connectivity index (χ1n) is 15.0. The summed E-state index contributed by atoms with van der Waals surface area (Å²) in [5.41, 5.74) is 5.49. The largest absolute Gasteiger partial charge is 0.489 e. The highest BCUT2D eigenvalue weighted by molar-refractivity contribution is 6.39. The number of ether oxygens (including phenoxy) is 2. The Morgan fingerprint density at radius 3 is 1.83 bits per heavy atom. The van der Waals surface area contributed by atoms with E-state index in [1.54, 1.807) is 0 Å². The van der Waals surface area contributed by atoms with Crippen molar-refractivity contribution in [2.45, 2.75) is 65.2 Å². The summed E-state index contributed by atoms with van der Waals surface area (Å²) in [7, 11) is 0. The SMILES string of the molecule is CCCCCCOc1c(OCCCCCC)c2c(Cl)c(-c3ccccc3)cnc2c2ncc(-c3ccccc3)cc12. The van der Waals surface area contributed by atoms with Gasteiger partial charge in [-0.25, -0.2) is 0 Å². The van der Waals surface area contributed by atoms with Gasteiger partial charge in [-0.2, -0.15) is 0 Å². The Bertz CT molecular complexity index is 1570. The van der Waals surface area contributed by atoms with Crippen LogP contribution in [-0.2, 0) is 0 Å². The minimum Gasteiger partial charge on any atom is -0.489 e. The maximum Gasteiger partial charge on any atom is 0.172 e. The van der Waals surface area contributed by atoms with Gasteiger partial charge in [0.05, 0.1) is 23.6 Å². The molecule has 3 aromatic carbocycles. The highest BCUT2D eigenvalue weighted by Crippen LogP contribution is 2.48. The number of nitrogens with zero attached hydrogens (tertiary/aromatic N) is 2. The highest BCUT2D eigenvalue weighted by atomic mass is 35.5. The number of hydrogen-bond donors (Lipinski definition) is 0. The van der Waals surface area contributed by atoms with E-state index < -0.39 is 0 Å². The topological polar surface area (TPSA) is 44.2 Å². The summed E-state index contributed by atoms with van der Waals surface area (Å²) in [6.45, 7) is 5.63. The van der Waals surface area contributed by atoms with Crippen molar-refractivity contribution in [2.24, 2.45) is 0 Å². The second-order valence-electron chi connectivity index (χ2n) is 10.5. The molecule has 41 heavy (non-hydrogen) atoms. The second-order valence-corrected chi connectivity index (χ2v) is 10.9. The molecule has 5 rings (SSSR count). The number of unbranched alkanes of at least 4 members (excludes halogenated alkanes) is 6. The standard InChI is InChI=1S/C36H39ClN2O2/c1-3-5-7-15-21-40-35-29-23-28(26-17-11-9-12-18-26)24-38-33(29)34-31(36(35)41-22-16-8-6-4-2)32(37)30(25-39-34)27-19-13-10-14-20-27/h9-14,17-20,23-25H,3-8,15-16,21-22H2,1-2H3. The first kappa shape index (κ1) is 28.9. The van der Waals surface area contributed by atoms with Crippen LogP contribution in [-0.4, -0.2) is 23.2 Å². The molecule has 0 N–H and O–H groups in total. The van der Waals surface area contributed by atoms with Crippen LogP contribution in [0.3, 0.4) is 0 Å². The lowest BCUT2D eigenvalue weighted by molar-refractivity contribution is 0.264. The third-order valence-corrected chi connectivity index (χ3v) is 7.88. The smallest absolute Gasteiger partial charge is 0.172 e. The number of hydrogen-bond acceptors (Lipinski definition) is 4. The molecule has 5 heteroatoms. The average molecular weight is 567 g/mol. The zero-order valence-electron chi connectivity index (χ0n) is 24.2. The van der Waals surface area contributed by atoms with E-state index in [4.69, 9.17) is 31.0 Å². The molecule has 0 fully saturated rings. The van der Waals surface area contributed by atoms with Crippen molar-refractivity contribution in [3.8, 4) is 33.8 Å². The zero-order chi connectivity index (χ0) is 28.4. The van der Waals surface area contributed by atoms with Gasteiger partial charge in [-0.3, -0.25) is 9.97 Å². The van der Waals surface area contributed by atoms with Crippen LogP contribution >= 0.6 is 11.6 Å². The van der Waals surface area contributed by atoms with Crippen LogP contribution in [0.2, 0.25) is 5.02 Å². The van der Waals surface area contributed by atoms with Gasteiger partial charge in [-0.05, 0) is 30.0 Å². The Morgan fingerprint density at radius 1 is 0.610 bits per heavy atom. The molecule has 0 aliphatic carbocycles. The van der Waals surface area contributed by atoms with Gasteiger partial charge in [0.1, 0.15) is 11.0 Å². The highest BCUT2D eigenvalue weighted by Gasteiger charge is 2.24. The van der Waals surface area contributed by atoms with Gasteiger partial charge in [-0.15, -0.1) is 0 Å². The first-order chi connectivity index (χ1) is 20.2. The Labute approximate surface area is 248 Å². The predicted octanol–water partition coefficient (Wildman–Crippen LogP) is 10.7. The molecule has 0 aliphatic rings. The van der Waals surface area contributed by atoms with E-state index >= 15 is 0 Å². The van der Waals surface area contributed by atoms with Gasteiger partial charge in [-0.1, -0.05) is 125 Å². The van der Waals surface area contributed by atoms with E-state index in [-0.39, 0.29) is 0 Å². The summed E-state index contributed by atoms with van der Waals surface area (Å²) < 4.78 is 13.2. The van der Waals surface area contributed by atoms with Crippen LogP contribution in [0.4, 0.5) is 0 Å². The second kappa shape index (κ2) is 14.3. The van der Waals surface area contributed by atoms with Crippen molar-refractivity contribution in [2.75, 3.05) is 13.2 Å². The van der Waals surface area contributed by atoms with Crippen LogP contribution in [0.25, 0.3) is 44.1 Å². The molecule has 0 atom stereocenters. The van der Waals surface area contributed by atoms with Crippen LogP contribution < -0.4 is 9.47 Å². The molecule has 0 saturated heterocycles. The van der Waals surface area contributed by atoms with Crippen molar-refractivity contribution in [1.82, 2.24) is 9.97 Å². The predicted molar refractivity (Wildman–Crippen MR) is 172 cm³/mol. The number of pyridine rings is 2. The maximum atomic E-state index is 7.24. The number of rotatable bonds is 14. The van der Waals surface area contributed by atoms with Gasteiger partial charge < -0.3 is 9.47 Å². The summed E-state index contributed by atoms with van der Waals surface area (Å²) in [6.07, 6.45) is 12.7. The molecule has 2 heterocycles. The third-order valence-electron chi connectivity index (χ3n) is 7.49. The first-order valence-corrected chi connectivity index (χ1v) is 15.4. The molecular formula is C36H39ClN2O2. The van der Waals surface area contributed by atoms with E-state index in [9.17, 15) is 0 Å². The molecule has 0 unspecified atom stereocenters. The van der Waals surface area contributed by atoms with Crippen molar-refractivity contribution in [3.05, 3.63) is 84.1 Å². The fourth-order valence-electron chi connectivity index (χ4n) is 5.23. The Kier molecular flexibility index (Phi) is 10.1. The van der Waals surface area contributed by atoms with Crippen LogP contribution in [0.5, 0.6) is 11.5 Å². The summed E-state index contributed by atoms with van der Waals surface area (Å²) in [5, 5.41) is 2.27. The fourth-order valence-corrected chi connectivity index (χ4v) is 5.57. The van der Waals surface area contributed by atoms with Gasteiger partial charge in [0, 0.05) is 28.9 Å². The fraction of sp³-hybridized carbons (Fsp3) is 0.333. The molecular weight excluding hydrogens is 528 g/mol. The van der Waals surface area contributed by atoms with E-state index in [2.05, 4.69) is 44.2 Å². The lowest BCUT2D eigenvalue weighted by atomic mass is 10.00. The number of halogens is 1. The Morgan fingerprint density at radius 2 is 1.20 bits per heavy atom. The molecule has 4 nitrogen and oxygen atoms in total. The van der Waals surface area contributed by atoms with Gasteiger partial charge in [0.25, 0.3) is 0 Å². The molecule has 212 valence electrons. The van der Waals surface area contributed by atoms with E-state index in [0.29, 0.717) is 29.7 Å². The van der Waals surface area contributed by atoms with Crippen molar-refractivity contribution in [3.63, 3.8) is 0 Å². The zero-order valence-corrected chi connectivity index (χ0v) is 24.9. The van der Waals surface area contributed by atoms with Crippen molar-refractivity contribution in [1.29, 1.82) is 0 Å². The van der Waals surface area contributed by atoms with E-state index in [0.717, 1.165) is 69.7 Å². The van der Waals surface area contributed by atoms with Gasteiger partial charge >= 0.3 is 0 Å². The lowest BCUT2D eigenvalue weighted by Gasteiger charge is -2.20. The van der Waals surface area contributed by atoms with Gasteiger partial charge in [0.15, 0.2) is 11.5 Å². The Hall–Kier alpha value is -3.63. The molecule has 0 aliphatic heterocycles. The monoisotopic (exact) mass is 566 g/mol. The van der Waals surface area contributed by atoms with E-state index in [1.807, 2.05) is 48.8 Å². The summed E-state index contributed by atoms with van der Waals surface area (Å²) in [4.78, 5) is 9.90. The summed E-state index contributed by atoms with van der Waals surface area (Å²) in [6, 6.07) is 22.6. The number of benzene rings is 3. The molecule has 2 aromatic heterocycles. The normalized spacial score (nSPS) is 11.3. The minimum absolute atomic E-state index is 0.588. The minimum atomic E-state index is 0.588. The van der Waals surface area contributed by atoms with Crippen molar-refractivity contribution >= 4 is 33.4 Å². The quantitative estimate of drug-likeness (QED) is 0.0990. The third kappa shape index (κ3) is 6.65. The molecule has 0 bridgehead atoms. The molecule has 0 amide bonds. The lowest BCUT2D eigenvalue weighted by Crippen LogP contribution is -2.06. The number of fused-ring (bicyclic) bond motifs is 3. The molecule has 0 saturated carbocycles. The van der Waals surface area contributed by atoms with Gasteiger partial charge in [0.2, 0.25) is 0 Å². The average Bonchev–Trinajstić information content (AvgIpc) is 3.02. The molecule has 0 spiro atoms. The molecule has 5 aromatic rings. The van der Waals surface area contributed by atoms with Crippen LogP contribution in [0.15, 0.2) is 79.1 Å². The molecule has 0 radical (unpaired) electrons. The van der Waals surface area contributed by atoms with E-state index in [1.165, 1.54) is 25.7 Å². The van der Waals surface area contributed by atoms with Crippen LogP contribution in [0.1, 0.15) is 65.2 Å². The summed E-state index contributed by atoms with van der Waals surface area (Å²) >= 11 is 7.24. The van der Waals surface area contributed by atoms with Crippen molar-refractivity contribution < 1.29 is 9.47 Å².